The molecular weight excluding hydrogens is 326 g/mol. The smallest absolute Gasteiger partial charge is 0.135 e. The van der Waals surface area contributed by atoms with Crippen molar-refractivity contribution in [3.05, 3.63) is 53.5 Å². The zero-order valence-corrected chi connectivity index (χ0v) is 13.7. The molecule has 0 spiro atoms. The molecule has 2 aromatic rings. The van der Waals surface area contributed by atoms with E-state index in [9.17, 15) is 0 Å². The van der Waals surface area contributed by atoms with Gasteiger partial charge in [-0.25, -0.2) is 9.97 Å². The monoisotopic (exact) mass is 345 g/mol. The van der Waals surface area contributed by atoms with Crippen molar-refractivity contribution in [3.63, 3.8) is 0 Å². The van der Waals surface area contributed by atoms with Crippen LogP contribution in [0.5, 0.6) is 0 Å². The van der Waals surface area contributed by atoms with Crippen molar-refractivity contribution >= 4 is 21.7 Å². The Balaban J connectivity index is 1.90. The lowest BCUT2D eigenvalue weighted by atomic mass is 9.96. The molecule has 0 amide bonds. The van der Waals surface area contributed by atoms with Gasteiger partial charge < -0.3 is 4.90 Å². The van der Waals surface area contributed by atoms with Crippen molar-refractivity contribution in [1.82, 2.24) is 9.97 Å². The first kappa shape index (κ1) is 14.5. The summed E-state index contributed by atoms with van der Waals surface area (Å²) in [7, 11) is 0. The molecule has 21 heavy (non-hydrogen) atoms. The summed E-state index contributed by atoms with van der Waals surface area (Å²) in [4.78, 5) is 11.5. The molecule has 0 saturated carbocycles. The number of aryl methyl sites for hydroxylation is 1. The van der Waals surface area contributed by atoms with Crippen molar-refractivity contribution in [2.75, 3.05) is 16.8 Å². The fraction of sp³-hybridized carbons (Fsp3) is 0.412. The van der Waals surface area contributed by atoms with Crippen LogP contribution in [-0.2, 0) is 19.4 Å². The standard InChI is InChI=1S/C17H20BrN3/c18-10-11-21(12-14-6-2-1-3-7-14)17-15-8-4-5-9-16(15)19-13-20-17/h1-3,6-7,13H,4-5,8-12H2. The molecule has 0 saturated heterocycles. The largest absolute Gasteiger partial charge is 0.351 e. The summed E-state index contributed by atoms with van der Waals surface area (Å²) in [5, 5.41) is 0.943. The van der Waals surface area contributed by atoms with E-state index in [1.54, 1.807) is 6.33 Å². The summed E-state index contributed by atoms with van der Waals surface area (Å²) < 4.78 is 0. The third-order valence-electron chi connectivity index (χ3n) is 3.97. The van der Waals surface area contributed by atoms with E-state index in [0.29, 0.717) is 0 Å². The van der Waals surface area contributed by atoms with Gasteiger partial charge in [0.2, 0.25) is 0 Å². The summed E-state index contributed by atoms with van der Waals surface area (Å²) in [6, 6.07) is 10.6. The van der Waals surface area contributed by atoms with Gasteiger partial charge in [0.15, 0.2) is 0 Å². The Bertz CT molecular complexity index is 586. The number of aromatic nitrogens is 2. The van der Waals surface area contributed by atoms with Gasteiger partial charge in [-0.15, -0.1) is 0 Å². The number of fused-ring (bicyclic) bond motifs is 1. The van der Waals surface area contributed by atoms with Crippen molar-refractivity contribution in [1.29, 1.82) is 0 Å². The number of hydrogen-bond donors (Lipinski definition) is 0. The normalized spacial score (nSPS) is 13.8. The highest BCUT2D eigenvalue weighted by Gasteiger charge is 2.19. The predicted octanol–water partition coefficient (Wildman–Crippen LogP) is 3.76. The Morgan fingerprint density at radius 1 is 1.05 bits per heavy atom. The van der Waals surface area contributed by atoms with Gasteiger partial charge in [-0.2, -0.15) is 0 Å². The number of hydrogen-bond acceptors (Lipinski definition) is 3. The molecule has 0 radical (unpaired) electrons. The molecule has 1 aromatic heterocycles. The first-order valence-corrected chi connectivity index (χ1v) is 8.68. The van der Waals surface area contributed by atoms with Crippen molar-refractivity contribution in [2.45, 2.75) is 32.2 Å². The van der Waals surface area contributed by atoms with E-state index in [2.05, 4.69) is 61.1 Å². The van der Waals surface area contributed by atoms with Crippen LogP contribution in [0.1, 0.15) is 29.7 Å². The highest BCUT2D eigenvalue weighted by Crippen LogP contribution is 2.28. The first-order chi connectivity index (χ1) is 10.4. The molecule has 0 N–H and O–H groups in total. The molecule has 3 nitrogen and oxygen atoms in total. The third-order valence-corrected chi connectivity index (χ3v) is 4.33. The zero-order chi connectivity index (χ0) is 14.5. The van der Waals surface area contributed by atoms with E-state index >= 15 is 0 Å². The molecule has 1 aliphatic rings. The predicted molar refractivity (Wildman–Crippen MR) is 90.0 cm³/mol. The summed E-state index contributed by atoms with van der Waals surface area (Å²) >= 11 is 3.57. The summed E-state index contributed by atoms with van der Waals surface area (Å²) in [5.41, 5.74) is 3.93. The molecule has 4 heteroatoms. The van der Waals surface area contributed by atoms with Crippen LogP contribution in [-0.4, -0.2) is 21.8 Å². The first-order valence-electron chi connectivity index (χ1n) is 7.56. The molecule has 110 valence electrons. The van der Waals surface area contributed by atoms with E-state index < -0.39 is 0 Å². The summed E-state index contributed by atoms with van der Waals surface area (Å²) in [6.07, 6.45) is 6.44. The lowest BCUT2D eigenvalue weighted by molar-refractivity contribution is 0.654. The number of halogens is 1. The van der Waals surface area contributed by atoms with Crippen LogP contribution in [0, 0.1) is 0 Å². The van der Waals surface area contributed by atoms with E-state index in [4.69, 9.17) is 0 Å². The van der Waals surface area contributed by atoms with E-state index in [1.165, 1.54) is 29.7 Å². The van der Waals surface area contributed by atoms with Crippen LogP contribution in [0.3, 0.4) is 0 Å². The average Bonchev–Trinajstić information content (AvgIpc) is 2.55. The van der Waals surface area contributed by atoms with Gasteiger partial charge in [0.1, 0.15) is 12.1 Å². The molecule has 0 aliphatic heterocycles. The molecule has 0 bridgehead atoms. The highest BCUT2D eigenvalue weighted by molar-refractivity contribution is 9.09. The minimum Gasteiger partial charge on any atom is -0.351 e. The minimum atomic E-state index is 0.899. The third kappa shape index (κ3) is 3.43. The van der Waals surface area contributed by atoms with Gasteiger partial charge in [0.05, 0.1) is 0 Å². The fourth-order valence-electron chi connectivity index (χ4n) is 2.94. The average molecular weight is 346 g/mol. The number of anilines is 1. The number of rotatable bonds is 5. The molecular formula is C17H20BrN3. The topological polar surface area (TPSA) is 29.0 Å². The Kier molecular flexibility index (Phi) is 4.86. The van der Waals surface area contributed by atoms with E-state index in [-0.39, 0.29) is 0 Å². The van der Waals surface area contributed by atoms with Crippen LogP contribution in [0.2, 0.25) is 0 Å². The SMILES string of the molecule is BrCCN(Cc1ccccc1)c1ncnc2c1CCCC2. The van der Waals surface area contributed by atoms with Gasteiger partial charge in [0.25, 0.3) is 0 Å². The lowest BCUT2D eigenvalue weighted by Gasteiger charge is -2.27. The fourth-order valence-corrected chi connectivity index (χ4v) is 3.37. The van der Waals surface area contributed by atoms with Crippen LogP contribution >= 0.6 is 15.9 Å². The van der Waals surface area contributed by atoms with E-state index in [0.717, 1.165) is 37.1 Å². The summed E-state index contributed by atoms with van der Waals surface area (Å²) in [5.74, 6) is 1.13. The molecule has 1 aliphatic carbocycles. The van der Waals surface area contributed by atoms with Gasteiger partial charge in [-0.1, -0.05) is 46.3 Å². The summed E-state index contributed by atoms with van der Waals surface area (Å²) in [6.45, 7) is 1.86. The minimum absolute atomic E-state index is 0.899. The highest BCUT2D eigenvalue weighted by atomic mass is 79.9. The zero-order valence-electron chi connectivity index (χ0n) is 12.1. The maximum Gasteiger partial charge on any atom is 0.135 e. The number of alkyl halides is 1. The quantitative estimate of drug-likeness (QED) is 0.772. The molecule has 0 fully saturated rings. The maximum atomic E-state index is 4.60. The molecule has 0 atom stereocenters. The number of benzene rings is 1. The van der Waals surface area contributed by atoms with Crippen molar-refractivity contribution < 1.29 is 0 Å². The Morgan fingerprint density at radius 3 is 2.67 bits per heavy atom. The van der Waals surface area contributed by atoms with Gasteiger partial charge in [-0.3, -0.25) is 0 Å². The van der Waals surface area contributed by atoms with Gasteiger partial charge >= 0.3 is 0 Å². The molecule has 0 unspecified atom stereocenters. The molecule has 1 heterocycles. The van der Waals surface area contributed by atoms with Gasteiger partial charge in [0, 0.05) is 29.7 Å². The second-order valence-electron chi connectivity index (χ2n) is 5.43. The van der Waals surface area contributed by atoms with Crippen LogP contribution in [0.4, 0.5) is 5.82 Å². The van der Waals surface area contributed by atoms with Crippen LogP contribution < -0.4 is 4.90 Å². The Morgan fingerprint density at radius 2 is 1.86 bits per heavy atom. The van der Waals surface area contributed by atoms with Crippen molar-refractivity contribution in [3.8, 4) is 0 Å². The maximum absolute atomic E-state index is 4.60. The molecule has 1 aromatic carbocycles. The van der Waals surface area contributed by atoms with Crippen molar-refractivity contribution in [2.24, 2.45) is 0 Å². The second-order valence-corrected chi connectivity index (χ2v) is 6.22. The number of nitrogens with zero attached hydrogens (tertiary/aromatic N) is 3. The Labute approximate surface area is 134 Å². The lowest BCUT2D eigenvalue weighted by Crippen LogP contribution is -2.28. The van der Waals surface area contributed by atoms with E-state index in [1.807, 2.05) is 0 Å². The molecule has 3 rings (SSSR count). The van der Waals surface area contributed by atoms with Crippen LogP contribution in [0.25, 0.3) is 0 Å². The second kappa shape index (κ2) is 7.03. The van der Waals surface area contributed by atoms with Gasteiger partial charge in [-0.05, 0) is 31.2 Å². The Hall–Kier alpha value is -1.42. The van der Waals surface area contributed by atoms with Crippen LogP contribution in [0.15, 0.2) is 36.7 Å².